The first-order chi connectivity index (χ1) is 5.93. The van der Waals surface area contributed by atoms with Gasteiger partial charge in [-0.2, -0.15) is 5.26 Å². The Morgan fingerprint density at radius 2 is 2.17 bits per heavy atom. The Morgan fingerprint density at radius 3 is 2.75 bits per heavy atom. The lowest BCUT2D eigenvalue weighted by atomic mass is 10.2. The molecular formula is C9H16N2O. The van der Waals surface area contributed by atoms with Gasteiger partial charge in [-0.05, 0) is 12.8 Å². The predicted molar refractivity (Wildman–Crippen MR) is 46.7 cm³/mol. The summed E-state index contributed by atoms with van der Waals surface area (Å²) in [5.41, 5.74) is 0. The average Bonchev–Trinajstić information content (AvgIpc) is 2.00. The van der Waals surface area contributed by atoms with E-state index in [2.05, 4.69) is 11.4 Å². The lowest BCUT2D eigenvalue weighted by Gasteiger charge is -2.26. The number of hydrogen-bond acceptors (Lipinski definition) is 3. The number of nitrogens with one attached hydrogen (secondary N) is 1. The van der Waals surface area contributed by atoms with Gasteiger partial charge in [0.25, 0.3) is 0 Å². The van der Waals surface area contributed by atoms with Crippen molar-refractivity contribution >= 4 is 0 Å². The van der Waals surface area contributed by atoms with Gasteiger partial charge in [-0.25, -0.2) is 0 Å². The maximum absolute atomic E-state index is 8.27. The van der Waals surface area contributed by atoms with Gasteiger partial charge in [0, 0.05) is 26.1 Å². The van der Waals surface area contributed by atoms with E-state index < -0.39 is 0 Å². The summed E-state index contributed by atoms with van der Waals surface area (Å²) in [6, 6.07) is 2.14. The topological polar surface area (TPSA) is 45.0 Å². The van der Waals surface area contributed by atoms with Crippen LogP contribution in [-0.4, -0.2) is 25.8 Å². The Balaban J connectivity index is 1.74. The number of unbranched alkanes of at least 4 members (excludes halogenated alkanes) is 3. The molecule has 68 valence electrons. The minimum atomic E-state index is 0.459. The van der Waals surface area contributed by atoms with Crippen LogP contribution in [0.15, 0.2) is 0 Å². The van der Waals surface area contributed by atoms with Crippen molar-refractivity contribution in [1.29, 1.82) is 5.26 Å². The fourth-order valence-electron chi connectivity index (χ4n) is 1.11. The third kappa shape index (κ3) is 3.70. The number of ether oxygens (including phenoxy) is 1. The molecule has 0 unspecified atom stereocenters. The van der Waals surface area contributed by atoms with Crippen molar-refractivity contribution in [3.05, 3.63) is 0 Å². The van der Waals surface area contributed by atoms with E-state index in [0.29, 0.717) is 12.5 Å². The van der Waals surface area contributed by atoms with Crippen molar-refractivity contribution in [3.8, 4) is 6.07 Å². The third-order valence-corrected chi connectivity index (χ3v) is 2.03. The number of rotatable bonds is 6. The normalized spacial score (nSPS) is 16.9. The van der Waals surface area contributed by atoms with E-state index in [9.17, 15) is 0 Å². The molecule has 0 aromatic heterocycles. The molecule has 0 saturated carbocycles. The van der Waals surface area contributed by atoms with Crippen LogP contribution in [0.4, 0.5) is 0 Å². The second-order valence-corrected chi connectivity index (χ2v) is 3.12. The second-order valence-electron chi connectivity index (χ2n) is 3.12. The maximum atomic E-state index is 8.27. The molecule has 1 aliphatic rings. The molecule has 0 aromatic carbocycles. The molecule has 1 heterocycles. The molecule has 3 nitrogen and oxygen atoms in total. The quantitative estimate of drug-likeness (QED) is 0.603. The molecule has 0 aromatic rings. The van der Waals surface area contributed by atoms with Crippen LogP contribution in [0.2, 0.25) is 0 Å². The minimum absolute atomic E-state index is 0.459. The smallest absolute Gasteiger partial charge is 0.0823 e. The summed E-state index contributed by atoms with van der Waals surface area (Å²) in [6.07, 6.45) is 4.38. The molecule has 0 amide bonds. The molecule has 0 atom stereocenters. The van der Waals surface area contributed by atoms with Crippen molar-refractivity contribution in [2.24, 2.45) is 0 Å². The van der Waals surface area contributed by atoms with Gasteiger partial charge in [-0.3, -0.25) is 0 Å². The van der Waals surface area contributed by atoms with Gasteiger partial charge in [-0.15, -0.1) is 0 Å². The first-order valence-electron chi connectivity index (χ1n) is 4.63. The SMILES string of the molecule is N#CCCCCCOC1CNC1. The van der Waals surface area contributed by atoms with Gasteiger partial charge < -0.3 is 10.1 Å². The van der Waals surface area contributed by atoms with Crippen LogP contribution in [0.1, 0.15) is 25.7 Å². The summed E-state index contributed by atoms with van der Waals surface area (Å²) < 4.78 is 5.51. The predicted octanol–water partition coefficient (Wildman–Crippen LogP) is 1.06. The highest BCUT2D eigenvalue weighted by atomic mass is 16.5. The molecule has 1 aliphatic heterocycles. The Hall–Kier alpha value is -0.590. The van der Waals surface area contributed by atoms with Crippen LogP contribution < -0.4 is 5.32 Å². The van der Waals surface area contributed by atoms with Crippen LogP contribution in [0.5, 0.6) is 0 Å². The van der Waals surface area contributed by atoms with Crippen LogP contribution in [-0.2, 0) is 4.74 Å². The Bertz CT molecular complexity index is 149. The molecule has 0 bridgehead atoms. The van der Waals surface area contributed by atoms with Gasteiger partial charge in [0.1, 0.15) is 0 Å². The van der Waals surface area contributed by atoms with Gasteiger partial charge in [-0.1, -0.05) is 6.42 Å². The zero-order chi connectivity index (χ0) is 8.65. The van der Waals surface area contributed by atoms with E-state index in [0.717, 1.165) is 39.0 Å². The Labute approximate surface area is 73.7 Å². The van der Waals surface area contributed by atoms with Crippen molar-refractivity contribution < 1.29 is 4.74 Å². The first kappa shape index (κ1) is 9.50. The molecule has 1 saturated heterocycles. The molecule has 3 heteroatoms. The summed E-state index contributed by atoms with van der Waals surface area (Å²) >= 11 is 0. The second kappa shape index (κ2) is 5.99. The largest absolute Gasteiger partial charge is 0.376 e. The van der Waals surface area contributed by atoms with Crippen molar-refractivity contribution in [3.63, 3.8) is 0 Å². The number of hydrogen-bond donors (Lipinski definition) is 1. The highest BCUT2D eigenvalue weighted by Gasteiger charge is 2.15. The first-order valence-corrected chi connectivity index (χ1v) is 4.63. The van der Waals surface area contributed by atoms with E-state index in [4.69, 9.17) is 10.00 Å². The van der Waals surface area contributed by atoms with Crippen molar-refractivity contribution in [2.75, 3.05) is 19.7 Å². The Kier molecular flexibility index (Phi) is 4.74. The van der Waals surface area contributed by atoms with Crippen molar-refractivity contribution in [2.45, 2.75) is 31.8 Å². The van der Waals surface area contributed by atoms with E-state index in [1.165, 1.54) is 0 Å². The van der Waals surface area contributed by atoms with Gasteiger partial charge in [0.05, 0.1) is 12.2 Å². The maximum Gasteiger partial charge on any atom is 0.0823 e. The summed E-state index contributed by atoms with van der Waals surface area (Å²) in [5, 5.41) is 11.4. The van der Waals surface area contributed by atoms with Crippen LogP contribution in [0.3, 0.4) is 0 Å². The molecule has 12 heavy (non-hydrogen) atoms. The molecule has 0 spiro atoms. The zero-order valence-corrected chi connectivity index (χ0v) is 7.38. The lowest BCUT2D eigenvalue weighted by Crippen LogP contribution is -2.48. The zero-order valence-electron chi connectivity index (χ0n) is 7.38. The third-order valence-electron chi connectivity index (χ3n) is 2.03. The van der Waals surface area contributed by atoms with Gasteiger partial charge in [0.2, 0.25) is 0 Å². The number of nitrogens with zero attached hydrogens (tertiary/aromatic N) is 1. The highest BCUT2D eigenvalue weighted by molar-refractivity contribution is 4.74. The van der Waals surface area contributed by atoms with E-state index in [-0.39, 0.29) is 0 Å². The number of nitriles is 1. The molecule has 1 rings (SSSR count). The van der Waals surface area contributed by atoms with Gasteiger partial charge in [0.15, 0.2) is 0 Å². The van der Waals surface area contributed by atoms with Crippen molar-refractivity contribution in [1.82, 2.24) is 5.32 Å². The van der Waals surface area contributed by atoms with Crippen LogP contribution in [0.25, 0.3) is 0 Å². The summed E-state index contributed by atoms with van der Waals surface area (Å²) in [5.74, 6) is 0. The van der Waals surface area contributed by atoms with Crippen LogP contribution >= 0.6 is 0 Å². The molecule has 1 fully saturated rings. The molecule has 1 N–H and O–H groups in total. The molecular weight excluding hydrogens is 152 g/mol. The lowest BCUT2D eigenvalue weighted by molar-refractivity contribution is 0.0170. The summed E-state index contributed by atoms with van der Waals surface area (Å²) in [6.45, 7) is 2.88. The minimum Gasteiger partial charge on any atom is -0.376 e. The summed E-state index contributed by atoms with van der Waals surface area (Å²) in [7, 11) is 0. The van der Waals surface area contributed by atoms with Gasteiger partial charge >= 0.3 is 0 Å². The highest BCUT2D eigenvalue weighted by Crippen LogP contribution is 2.03. The molecule has 0 radical (unpaired) electrons. The standard InChI is InChI=1S/C9H16N2O/c10-5-3-1-2-4-6-12-9-7-11-8-9/h9,11H,1-4,6-8H2. The summed E-state index contributed by atoms with van der Waals surface area (Å²) in [4.78, 5) is 0. The van der Waals surface area contributed by atoms with E-state index in [1.54, 1.807) is 0 Å². The van der Waals surface area contributed by atoms with E-state index in [1.807, 2.05) is 0 Å². The fourth-order valence-corrected chi connectivity index (χ4v) is 1.11. The fraction of sp³-hybridized carbons (Fsp3) is 0.889. The average molecular weight is 168 g/mol. The van der Waals surface area contributed by atoms with Crippen LogP contribution in [0, 0.1) is 11.3 Å². The Morgan fingerprint density at radius 1 is 1.33 bits per heavy atom. The monoisotopic (exact) mass is 168 g/mol. The van der Waals surface area contributed by atoms with E-state index >= 15 is 0 Å². The molecule has 0 aliphatic carbocycles.